The average Bonchev–Trinajstić information content (AvgIpc) is 2.77. The summed E-state index contributed by atoms with van der Waals surface area (Å²) in [6, 6.07) is 8.70. The van der Waals surface area contributed by atoms with Crippen LogP contribution in [0.5, 0.6) is 5.75 Å². The predicted octanol–water partition coefficient (Wildman–Crippen LogP) is 2.47. The number of urea groups is 1. The molecule has 0 aliphatic carbocycles. The number of amides is 3. The molecule has 0 saturated heterocycles. The largest absolute Gasteiger partial charge is 0.497 e. The Morgan fingerprint density at radius 2 is 1.85 bits per heavy atom. The molecule has 0 spiro atoms. The number of sulfonamides is 1. The highest BCUT2D eigenvalue weighted by molar-refractivity contribution is 7.92. The first kappa shape index (κ1) is 25.7. The van der Waals surface area contributed by atoms with Crippen molar-refractivity contribution in [3.63, 3.8) is 0 Å². The van der Waals surface area contributed by atoms with Crippen molar-refractivity contribution in [2.24, 2.45) is 5.73 Å². The molecule has 33 heavy (non-hydrogen) atoms. The molecule has 12 heteroatoms. The van der Waals surface area contributed by atoms with Crippen LogP contribution in [0.1, 0.15) is 17.3 Å². The van der Waals surface area contributed by atoms with Gasteiger partial charge in [-0.25, -0.2) is 18.0 Å². The monoisotopic (exact) mass is 495 g/mol. The fourth-order valence-corrected chi connectivity index (χ4v) is 4.31. The Balaban J connectivity index is 2.39. The number of ether oxygens (including phenoxy) is 2. The second kappa shape index (κ2) is 10.8. The summed E-state index contributed by atoms with van der Waals surface area (Å²) in [5.41, 5.74) is 4.92. The summed E-state index contributed by atoms with van der Waals surface area (Å²) >= 11 is 6.07. The highest BCUT2D eigenvalue weighted by Crippen LogP contribution is 2.28. The zero-order valence-corrected chi connectivity index (χ0v) is 19.4. The number of imide groups is 1. The Kier molecular flexibility index (Phi) is 8.44. The third-order valence-corrected chi connectivity index (χ3v) is 6.42. The number of benzene rings is 2. The lowest BCUT2D eigenvalue weighted by atomic mass is 10.2. The zero-order chi connectivity index (χ0) is 24.8. The molecule has 1 atom stereocenters. The Labute approximate surface area is 196 Å². The van der Waals surface area contributed by atoms with E-state index in [1.807, 2.05) is 0 Å². The van der Waals surface area contributed by atoms with Crippen LogP contribution in [0.15, 0.2) is 60.0 Å². The molecule has 2 rings (SSSR count). The molecule has 10 nitrogen and oxygen atoms in total. The Hall–Kier alpha value is -3.57. The first-order valence-corrected chi connectivity index (χ1v) is 11.2. The summed E-state index contributed by atoms with van der Waals surface area (Å²) in [4.78, 5) is 34.8. The van der Waals surface area contributed by atoms with Gasteiger partial charge in [0, 0.05) is 0 Å². The minimum absolute atomic E-state index is 0.0542. The van der Waals surface area contributed by atoms with Crippen LogP contribution in [-0.2, 0) is 19.6 Å². The number of carbonyl (C=O) groups is 3. The van der Waals surface area contributed by atoms with E-state index in [2.05, 4.69) is 6.58 Å². The number of esters is 1. The normalized spacial score (nSPS) is 11.7. The number of hydrogen-bond donors (Lipinski definition) is 2. The van der Waals surface area contributed by atoms with E-state index < -0.39 is 34.0 Å². The average molecular weight is 496 g/mol. The van der Waals surface area contributed by atoms with Crippen molar-refractivity contribution in [2.75, 3.05) is 18.0 Å². The number of carbonyl (C=O) groups excluding carboxylic acids is 3. The van der Waals surface area contributed by atoms with E-state index in [1.165, 1.54) is 32.2 Å². The fraction of sp³-hybridized carbons (Fsp3) is 0.190. The molecule has 1 unspecified atom stereocenters. The second-order valence-corrected chi connectivity index (χ2v) is 8.84. The molecule has 2 aromatic carbocycles. The van der Waals surface area contributed by atoms with Gasteiger partial charge in [0.05, 0.1) is 34.8 Å². The fourth-order valence-electron chi connectivity index (χ4n) is 2.66. The van der Waals surface area contributed by atoms with Crippen LogP contribution in [0.2, 0.25) is 5.02 Å². The quantitative estimate of drug-likeness (QED) is 0.401. The van der Waals surface area contributed by atoms with E-state index in [0.717, 1.165) is 10.4 Å². The molecule has 0 heterocycles. The van der Waals surface area contributed by atoms with Crippen molar-refractivity contribution in [2.45, 2.75) is 17.9 Å². The summed E-state index contributed by atoms with van der Waals surface area (Å²) < 4.78 is 37.9. The van der Waals surface area contributed by atoms with Crippen LogP contribution in [0.25, 0.3) is 0 Å². The molecule has 0 saturated carbocycles. The van der Waals surface area contributed by atoms with Crippen molar-refractivity contribution >= 4 is 45.2 Å². The molecule has 3 amide bonds. The molecule has 176 valence electrons. The first-order valence-electron chi connectivity index (χ1n) is 9.39. The summed E-state index contributed by atoms with van der Waals surface area (Å²) in [7, 11) is -2.67. The number of primary amides is 1. The smallest absolute Gasteiger partial charge is 0.340 e. The maximum atomic E-state index is 13.4. The number of halogens is 1. The van der Waals surface area contributed by atoms with Gasteiger partial charge in [-0.05, 0) is 49.4 Å². The van der Waals surface area contributed by atoms with Gasteiger partial charge in [-0.15, -0.1) is 6.58 Å². The molecule has 3 N–H and O–H groups in total. The molecular weight excluding hydrogens is 474 g/mol. The van der Waals surface area contributed by atoms with Gasteiger partial charge in [-0.3, -0.25) is 14.4 Å². The van der Waals surface area contributed by atoms with Gasteiger partial charge >= 0.3 is 12.0 Å². The van der Waals surface area contributed by atoms with E-state index in [4.69, 9.17) is 26.8 Å². The number of anilines is 1. The highest BCUT2D eigenvalue weighted by atomic mass is 35.5. The topological polar surface area (TPSA) is 145 Å². The third kappa shape index (κ3) is 6.24. The van der Waals surface area contributed by atoms with Gasteiger partial charge in [-0.1, -0.05) is 17.7 Å². The van der Waals surface area contributed by atoms with E-state index >= 15 is 0 Å². The Morgan fingerprint density at radius 1 is 1.21 bits per heavy atom. The van der Waals surface area contributed by atoms with Crippen LogP contribution in [0, 0.1) is 0 Å². The first-order chi connectivity index (χ1) is 15.5. The van der Waals surface area contributed by atoms with Gasteiger partial charge in [0.15, 0.2) is 6.10 Å². The lowest BCUT2D eigenvalue weighted by molar-refractivity contribution is -0.127. The zero-order valence-electron chi connectivity index (χ0n) is 17.8. The van der Waals surface area contributed by atoms with Gasteiger partial charge in [0.25, 0.3) is 15.9 Å². The molecular formula is C21H22ClN3O7S. The van der Waals surface area contributed by atoms with E-state index in [-0.39, 0.29) is 22.0 Å². The standard InChI is InChI=1S/C21H22ClN3O7S/c1-4-11-25(14-5-7-15(31-3)8-6-14)33(29,30)16-9-10-18(22)17(12-16)20(27)32-13(2)19(26)24-21(23)28/h4-10,12-13H,1,11H2,2-3H3,(H3,23,24,26,28). The van der Waals surface area contributed by atoms with Crippen LogP contribution in [-0.4, -0.2) is 46.1 Å². The summed E-state index contributed by atoms with van der Waals surface area (Å²) in [6.07, 6.45) is 0.0178. The number of methoxy groups -OCH3 is 1. The molecule has 0 aromatic heterocycles. The van der Waals surface area contributed by atoms with Gasteiger partial charge in [0.2, 0.25) is 0 Å². The van der Waals surface area contributed by atoms with E-state index in [0.29, 0.717) is 11.4 Å². The van der Waals surface area contributed by atoms with Gasteiger partial charge in [-0.2, -0.15) is 0 Å². The van der Waals surface area contributed by atoms with Crippen molar-refractivity contribution in [1.82, 2.24) is 5.32 Å². The van der Waals surface area contributed by atoms with Crippen molar-refractivity contribution < 1.29 is 32.3 Å². The van der Waals surface area contributed by atoms with Crippen LogP contribution < -0.4 is 20.1 Å². The van der Waals surface area contributed by atoms with Gasteiger partial charge in [0.1, 0.15) is 5.75 Å². The minimum atomic E-state index is -4.15. The lowest BCUT2D eigenvalue weighted by Gasteiger charge is -2.23. The van der Waals surface area contributed by atoms with E-state index in [9.17, 15) is 22.8 Å². The Bertz CT molecular complexity index is 1170. The summed E-state index contributed by atoms with van der Waals surface area (Å²) in [6.45, 7) is 4.75. The van der Waals surface area contributed by atoms with Crippen molar-refractivity contribution in [3.05, 3.63) is 65.7 Å². The SMILES string of the molecule is C=CCN(c1ccc(OC)cc1)S(=O)(=O)c1ccc(Cl)c(C(=O)OC(C)C(=O)NC(N)=O)c1. The summed E-state index contributed by atoms with van der Waals surface area (Å²) in [5, 5.41) is 1.68. The number of rotatable bonds is 9. The Morgan fingerprint density at radius 3 is 2.39 bits per heavy atom. The highest BCUT2D eigenvalue weighted by Gasteiger charge is 2.27. The number of nitrogens with two attached hydrogens (primary N) is 1. The number of nitrogens with zero attached hydrogens (tertiary/aromatic N) is 1. The predicted molar refractivity (Wildman–Crippen MR) is 122 cm³/mol. The van der Waals surface area contributed by atoms with E-state index in [1.54, 1.807) is 29.6 Å². The van der Waals surface area contributed by atoms with Crippen LogP contribution in [0.3, 0.4) is 0 Å². The van der Waals surface area contributed by atoms with Gasteiger partial charge < -0.3 is 15.2 Å². The molecule has 0 bridgehead atoms. The number of nitrogens with one attached hydrogen (secondary N) is 1. The lowest BCUT2D eigenvalue weighted by Crippen LogP contribution is -2.42. The van der Waals surface area contributed by atoms with Crippen LogP contribution in [0.4, 0.5) is 10.5 Å². The maximum absolute atomic E-state index is 13.4. The summed E-state index contributed by atoms with van der Waals surface area (Å²) in [5.74, 6) is -1.47. The third-order valence-electron chi connectivity index (χ3n) is 4.30. The van der Waals surface area contributed by atoms with Crippen molar-refractivity contribution in [1.29, 1.82) is 0 Å². The molecule has 0 aliphatic heterocycles. The minimum Gasteiger partial charge on any atom is -0.497 e. The molecule has 0 radical (unpaired) electrons. The van der Waals surface area contributed by atoms with Crippen LogP contribution >= 0.6 is 11.6 Å². The maximum Gasteiger partial charge on any atom is 0.340 e. The van der Waals surface area contributed by atoms with Crippen molar-refractivity contribution in [3.8, 4) is 5.75 Å². The number of hydrogen-bond acceptors (Lipinski definition) is 7. The molecule has 0 aliphatic rings. The second-order valence-electron chi connectivity index (χ2n) is 6.57. The molecule has 0 fully saturated rings. The molecule has 2 aromatic rings.